The number of fused-ring (bicyclic) bond motifs is 1. The number of aromatic nitrogens is 1. The molecule has 0 saturated carbocycles. The summed E-state index contributed by atoms with van der Waals surface area (Å²) in [7, 11) is 0. The van der Waals surface area contributed by atoms with Crippen LogP contribution in [-0.2, 0) is 23.7 Å². The molecule has 0 aliphatic carbocycles. The third kappa shape index (κ3) is 6.61. The van der Waals surface area contributed by atoms with Crippen LogP contribution in [0.4, 0.5) is 32.2 Å². The van der Waals surface area contributed by atoms with Crippen LogP contribution in [0.25, 0.3) is 11.3 Å². The molecule has 0 unspecified atom stereocenters. The van der Waals surface area contributed by atoms with Gasteiger partial charge < -0.3 is 20.3 Å². The number of carbonyl (C=O) groups is 2. The van der Waals surface area contributed by atoms with Crippen molar-refractivity contribution in [3.05, 3.63) is 76.3 Å². The lowest BCUT2D eigenvalue weighted by atomic mass is 9.95. The average Bonchev–Trinajstić information content (AvgIpc) is 2.96. The van der Waals surface area contributed by atoms with Crippen LogP contribution in [0.1, 0.15) is 51.9 Å². The average molecular weight is 621 g/mol. The molecule has 3 aromatic rings. The molecule has 13 heteroatoms. The fourth-order valence-electron chi connectivity index (χ4n) is 5.60. The number of alkyl halides is 6. The van der Waals surface area contributed by atoms with E-state index in [1.54, 1.807) is 18.2 Å². The Morgan fingerprint density at radius 1 is 0.977 bits per heavy atom. The highest BCUT2D eigenvalue weighted by Gasteiger charge is 2.38. The minimum atomic E-state index is -5.01. The SMILES string of the molecule is Cc1ccccc1-c1nc(N2CCC(C(N)=O)CC2)cc2c1C(=O)N(Cc1cc(C(F)(F)F)cc(C(F)(F)F)c1)CCCO2. The first-order valence-corrected chi connectivity index (χ1v) is 14.1. The topological polar surface area (TPSA) is 88.8 Å². The second-order valence-electron chi connectivity index (χ2n) is 11.0. The largest absolute Gasteiger partial charge is 0.492 e. The van der Waals surface area contributed by atoms with E-state index in [4.69, 9.17) is 15.5 Å². The predicted octanol–water partition coefficient (Wildman–Crippen LogP) is 6.22. The number of piperidine rings is 1. The highest BCUT2D eigenvalue weighted by molar-refractivity contribution is 6.03. The number of anilines is 1. The number of ether oxygens (including phenoxy) is 1. The summed E-state index contributed by atoms with van der Waals surface area (Å²) in [6, 6.07) is 10.2. The van der Waals surface area contributed by atoms with E-state index in [9.17, 15) is 35.9 Å². The van der Waals surface area contributed by atoms with E-state index in [0.717, 1.165) is 5.56 Å². The van der Waals surface area contributed by atoms with Gasteiger partial charge in [-0.25, -0.2) is 4.98 Å². The Labute approximate surface area is 249 Å². The van der Waals surface area contributed by atoms with Gasteiger partial charge in [0, 0.05) is 43.7 Å². The van der Waals surface area contributed by atoms with Gasteiger partial charge in [0.05, 0.1) is 23.4 Å². The van der Waals surface area contributed by atoms with Crippen molar-refractivity contribution in [1.82, 2.24) is 9.88 Å². The third-order valence-corrected chi connectivity index (χ3v) is 7.94. The number of benzene rings is 2. The summed E-state index contributed by atoms with van der Waals surface area (Å²) in [6.45, 7) is 2.51. The van der Waals surface area contributed by atoms with E-state index >= 15 is 0 Å². The maximum absolute atomic E-state index is 14.2. The van der Waals surface area contributed by atoms with Crippen molar-refractivity contribution in [3.63, 3.8) is 0 Å². The van der Waals surface area contributed by atoms with Crippen molar-refractivity contribution in [2.75, 3.05) is 31.1 Å². The molecule has 1 saturated heterocycles. The zero-order valence-corrected chi connectivity index (χ0v) is 23.8. The Morgan fingerprint density at radius 2 is 1.61 bits per heavy atom. The molecule has 2 aliphatic rings. The van der Waals surface area contributed by atoms with Crippen LogP contribution in [0.5, 0.6) is 5.75 Å². The Balaban J connectivity index is 1.58. The summed E-state index contributed by atoms with van der Waals surface area (Å²) in [5.74, 6) is -0.534. The van der Waals surface area contributed by atoms with Gasteiger partial charge in [-0.05, 0) is 55.5 Å². The number of pyridine rings is 1. The van der Waals surface area contributed by atoms with Crippen LogP contribution in [0.15, 0.2) is 48.5 Å². The van der Waals surface area contributed by atoms with Crippen molar-refractivity contribution in [2.45, 2.75) is 45.1 Å². The number of halogens is 6. The van der Waals surface area contributed by atoms with Crippen molar-refractivity contribution in [3.8, 4) is 17.0 Å². The molecule has 1 aromatic heterocycles. The number of hydrogen-bond acceptors (Lipinski definition) is 5. The zero-order valence-electron chi connectivity index (χ0n) is 23.8. The molecule has 5 rings (SSSR count). The molecule has 0 atom stereocenters. The summed E-state index contributed by atoms with van der Waals surface area (Å²) in [6.07, 6.45) is -8.68. The Kier molecular flexibility index (Phi) is 8.50. The Bertz CT molecular complexity index is 1530. The molecule has 0 spiro atoms. The molecular formula is C31H30F6N4O3. The lowest BCUT2D eigenvalue weighted by molar-refractivity contribution is -0.143. The number of nitrogens with zero attached hydrogens (tertiary/aromatic N) is 3. The lowest BCUT2D eigenvalue weighted by Crippen LogP contribution is -2.39. The van der Waals surface area contributed by atoms with E-state index in [1.165, 1.54) is 4.90 Å². The number of nitrogens with two attached hydrogens (primary N) is 1. The fraction of sp³-hybridized carbons (Fsp3) is 0.387. The van der Waals surface area contributed by atoms with Gasteiger partial charge in [-0.1, -0.05) is 24.3 Å². The van der Waals surface area contributed by atoms with Crippen molar-refractivity contribution in [2.24, 2.45) is 11.7 Å². The number of hydrogen-bond donors (Lipinski definition) is 1. The Morgan fingerprint density at radius 3 is 2.20 bits per heavy atom. The van der Waals surface area contributed by atoms with Gasteiger partial charge in [0.15, 0.2) is 0 Å². The summed E-state index contributed by atoms with van der Waals surface area (Å²) in [5.41, 5.74) is 4.05. The van der Waals surface area contributed by atoms with Gasteiger partial charge in [0.2, 0.25) is 5.91 Å². The van der Waals surface area contributed by atoms with Crippen molar-refractivity contribution < 1.29 is 40.7 Å². The van der Waals surface area contributed by atoms with E-state index in [2.05, 4.69) is 0 Å². The molecule has 0 bridgehead atoms. The highest BCUT2D eigenvalue weighted by Crippen LogP contribution is 2.39. The second kappa shape index (κ2) is 12.0. The van der Waals surface area contributed by atoms with Crippen LogP contribution in [0.2, 0.25) is 0 Å². The maximum Gasteiger partial charge on any atom is 0.416 e. The molecule has 3 heterocycles. The van der Waals surface area contributed by atoms with E-state index in [0.29, 0.717) is 49.4 Å². The molecule has 1 fully saturated rings. The highest BCUT2D eigenvalue weighted by atomic mass is 19.4. The van der Waals surface area contributed by atoms with Crippen LogP contribution < -0.4 is 15.4 Å². The number of aryl methyl sites for hydroxylation is 1. The van der Waals surface area contributed by atoms with Crippen LogP contribution >= 0.6 is 0 Å². The third-order valence-electron chi connectivity index (χ3n) is 7.94. The van der Waals surface area contributed by atoms with Crippen molar-refractivity contribution >= 4 is 17.6 Å². The first-order chi connectivity index (χ1) is 20.7. The van der Waals surface area contributed by atoms with Gasteiger partial charge >= 0.3 is 12.4 Å². The molecule has 2 aliphatic heterocycles. The number of carbonyl (C=O) groups excluding carboxylic acids is 2. The normalized spacial score (nSPS) is 16.7. The first kappa shape index (κ1) is 31.1. The first-order valence-electron chi connectivity index (χ1n) is 14.1. The van der Waals surface area contributed by atoms with Gasteiger partial charge in [0.1, 0.15) is 17.1 Å². The van der Waals surface area contributed by atoms with E-state index in [1.807, 2.05) is 24.0 Å². The summed E-state index contributed by atoms with van der Waals surface area (Å²) >= 11 is 0. The summed E-state index contributed by atoms with van der Waals surface area (Å²) < 4.78 is 87.3. The minimum absolute atomic E-state index is 0.0332. The molecule has 2 aromatic carbocycles. The smallest absolute Gasteiger partial charge is 0.416 e. The van der Waals surface area contributed by atoms with Crippen molar-refractivity contribution in [1.29, 1.82) is 0 Å². The minimum Gasteiger partial charge on any atom is -0.492 e. The maximum atomic E-state index is 14.2. The summed E-state index contributed by atoms with van der Waals surface area (Å²) in [4.78, 5) is 33.9. The quantitative estimate of drug-likeness (QED) is 0.342. The van der Waals surface area contributed by atoms with Crippen LogP contribution in [-0.4, -0.2) is 47.9 Å². The van der Waals surface area contributed by atoms with Crippen LogP contribution in [0, 0.1) is 12.8 Å². The zero-order chi connectivity index (χ0) is 31.8. The standard InChI is InChI=1S/C31H30F6N4O3/c1-18-5-2-3-6-23(18)27-26-24(16-25(39-27)40-10-7-20(8-11-40)28(38)42)44-12-4-9-41(29(26)43)17-19-13-21(30(32,33)34)15-22(14-19)31(35,36)37/h2-3,5-6,13-16,20H,4,7-12,17H2,1H3,(H2,38,42). The van der Waals surface area contributed by atoms with E-state index in [-0.39, 0.29) is 60.0 Å². The molecular weight excluding hydrogens is 590 g/mol. The van der Waals surface area contributed by atoms with Gasteiger partial charge in [0.25, 0.3) is 5.91 Å². The molecule has 2 amide bonds. The summed E-state index contributed by atoms with van der Waals surface area (Å²) in [5, 5.41) is 0. The van der Waals surface area contributed by atoms with Gasteiger partial charge in [-0.15, -0.1) is 0 Å². The number of amides is 2. The van der Waals surface area contributed by atoms with Gasteiger partial charge in [-0.3, -0.25) is 9.59 Å². The molecule has 44 heavy (non-hydrogen) atoms. The predicted molar refractivity (Wildman–Crippen MR) is 150 cm³/mol. The lowest BCUT2D eigenvalue weighted by Gasteiger charge is -2.33. The second-order valence-corrected chi connectivity index (χ2v) is 11.0. The number of rotatable bonds is 5. The van der Waals surface area contributed by atoms with Gasteiger partial charge in [-0.2, -0.15) is 26.3 Å². The molecule has 7 nitrogen and oxygen atoms in total. The molecule has 2 N–H and O–H groups in total. The van der Waals surface area contributed by atoms with Crippen LogP contribution in [0.3, 0.4) is 0 Å². The molecule has 0 radical (unpaired) electrons. The fourth-order valence-corrected chi connectivity index (χ4v) is 5.60. The Hall–Kier alpha value is -4.29. The monoisotopic (exact) mass is 620 g/mol. The molecule has 234 valence electrons. The van der Waals surface area contributed by atoms with E-state index < -0.39 is 35.9 Å². The number of primary amides is 1.